The molecule has 3 heteroatoms. The highest BCUT2D eigenvalue weighted by molar-refractivity contribution is 4.69. The molecule has 0 bridgehead atoms. The van der Waals surface area contributed by atoms with E-state index >= 15 is 0 Å². The van der Waals surface area contributed by atoms with Crippen LogP contribution in [-0.2, 0) is 4.74 Å². The van der Waals surface area contributed by atoms with Crippen LogP contribution in [0.25, 0.3) is 0 Å². The summed E-state index contributed by atoms with van der Waals surface area (Å²) in [4.78, 5) is 2.33. The van der Waals surface area contributed by atoms with Gasteiger partial charge in [0.25, 0.3) is 0 Å². The minimum atomic E-state index is -0.0145. The van der Waals surface area contributed by atoms with E-state index in [1.165, 1.54) is 6.42 Å². The second-order valence-electron chi connectivity index (χ2n) is 4.80. The molecule has 0 amide bonds. The van der Waals surface area contributed by atoms with Crippen LogP contribution in [0.5, 0.6) is 0 Å². The quantitative estimate of drug-likeness (QED) is 0.599. The van der Waals surface area contributed by atoms with Gasteiger partial charge in [-0.05, 0) is 53.1 Å². The first-order valence-corrected chi connectivity index (χ1v) is 5.86. The van der Waals surface area contributed by atoms with Crippen LogP contribution in [0.1, 0.15) is 39.5 Å². The summed E-state index contributed by atoms with van der Waals surface area (Å²) in [5.74, 6) is 0. The average molecular weight is 217 g/mol. The van der Waals surface area contributed by atoms with E-state index in [0.29, 0.717) is 6.61 Å². The Morgan fingerprint density at radius 2 is 1.80 bits per heavy atom. The first-order chi connectivity index (χ1) is 7.02. The molecule has 1 N–H and O–H groups in total. The monoisotopic (exact) mass is 217 g/mol. The lowest BCUT2D eigenvalue weighted by Crippen LogP contribution is -2.30. The van der Waals surface area contributed by atoms with Crippen molar-refractivity contribution in [2.75, 3.05) is 33.9 Å². The average Bonchev–Trinajstić information content (AvgIpc) is 2.22. The summed E-state index contributed by atoms with van der Waals surface area (Å²) in [7, 11) is 3.91. The van der Waals surface area contributed by atoms with E-state index in [4.69, 9.17) is 9.84 Å². The van der Waals surface area contributed by atoms with Crippen molar-refractivity contribution < 1.29 is 9.84 Å². The zero-order valence-corrected chi connectivity index (χ0v) is 10.8. The second-order valence-corrected chi connectivity index (χ2v) is 4.80. The van der Waals surface area contributed by atoms with Gasteiger partial charge in [-0.3, -0.25) is 0 Å². The van der Waals surface area contributed by atoms with E-state index in [1.807, 2.05) is 0 Å². The van der Waals surface area contributed by atoms with Gasteiger partial charge in [-0.2, -0.15) is 0 Å². The third kappa shape index (κ3) is 8.85. The Labute approximate surface area is 94.4 Å². The molecule has 0 aliphatic carbocycles. The minimum absolute atomic E-state index is 0.0145. The van der Waals surface area contributed by atoms with Gasteiger partial charge < -0.3 is 14.7 Å². The Kier molecular flexibility index (Phi) is 8.02. The topological polar surface area (TPSA) is 32.7 Å². The number of ether oxygens (including phenoxy) is 1. The van der Waals surface area contributed by atoms with Crippen molar-refractivity contribution in [1.82, 2.24) is 4.90 Å². The van der Waals surface area contributed by atoms with Crippen LogP contribution in [0.2, 0.25) is 0 Å². The molecule has 0 saturated carbocycles. The molecule has 0 aliphatic rings. The van der Waals surface area contributed by atoms with Gasteiger partial charge in [0, 0.05) is 20.3 Å². The lowest BCUT2D eigenvalue weighted by atomic mass is 10.1. The second kappa shape index (κ2) is 8.08. The maximum absolute atomic E-state index is 8.64. The Hall–Kier alpha value is -0.120. The van der Waals surface area contributed by atoms with Crippen LogP contribution in [0, 0.1) is 0 Å². The molecular weight excluding hydrogens is 190 g/mol. The largest absolute Gasteiger partial charge is 0.396 e. The van der Waals surface area contributed by atoms with Gasteiger partial charge in [0.1, 0.15) is 0 Å². The molecule has 0 heterocycles. The Morgan fingerprint density at radius 1 is 1.13 bits per heavy atom. The summed E-state index contributed by atoms with van der Waals surface area (Å²) < 4.78 is 5.37. The zero-order valence-electron chi connectivity index (χ0n) is 10.8. The van der Waals surface area contributed by atoms with E-state index in [1.54, 1.807) is 7.11 Å². The van der Waals surface area contributed by atoms with Gasteiger partial charge >= 0.3 is 0 Å². The number of aliphatic hydroxyl groups is 1. The fourth-order valence-electron chi connectivity index (χ4n) is 1.34. The fraction of sp³-hybridized carbons (Fsp3) is 1.00. The molecule has 0 aliphatic heterocycles. The molecule has 0 radical (unpaired) electrons. The summed E-state index contributed by atoms with van der Waals surface area (Å²) in [6.45, 7) is 6.74. The summed E-state index contributed by atoms with van der Waals surface area (Å²) in [6.07, 6.45) is 4.27. The SMILES string of the molecule is COC(C)(C)CCN(C)CCCCCO. The smallest absolute Gasteiger partial charge is 0.0634 e. The molecular formula is C12H27NO2. The number of aliphatic hydroxyl groups excluding tert-OH is 1. The molecule has 0 rings (SSSR count). The van der Waals surface area contributed by atoms with Crippen molar-refractivity contribution in [2.24, 2.45) is 0 Å². The number of rotatable bonds is 9. The Balaban J connectivity index is 3.44. The van der Waals surface area contributed by atoms with Crippen LogP contribution >= 0.6 is 0 Å². The van der Waals surface area contributed by atoms with Crippen LogP contribution in [0.15, 0.2) is 0 Å². The lowest BCUT2D eigenvalue weighted by molar-refractivity contribution is 0.00906. The van der Waals surface area contributed by atoms with Gasteiger partial charge in [0.2, 0.25) is 0 Å². The maximum atomic E-state index is 8.64. The van der Waals surface area contributed by atoms with Crippen molar-refractivity contribution in [2.45, 2.75) is 45.1 Å². The number of methoxy groups -OCH3 is 1. The lowest BCUT2D eigenvalue weighted by Gasteiger charge is -2.26. The maximum Gasteiger partial charge on any atom is 0.0634 e. The molecule has 0 spiro atoms. The first kappa shape index (κ1) is 14.9. The minimum Gasteiger partial charge on any atom is -0.396 e. The molecule has 0 atom stereocenters. The van der Waals surface area contributed by atoms with E-state index < -0.39 is 0 Å². The highest BCUT2D eigenvalue weighted by atomic mass is 16.5. The highest BCUT2D eigenvalue weighted by Gasteiger charge is 2.16. The molecule has 3 nitrogen and oxygen atoms in total. The molecule has 0 saturated heterocycles. The number of unbranched alkanes of at least 4 members (excludes halogenated alkanes) is 2. The Morgan fingerprint density at radius 3 is 2.33 bits per heavy atom. The predicted molar refractivity (Wildman–Crippen MR) is 64.1 cm³/mol. The van der Waals surface area contributed by atoms with E-state index in [-0.39, 0.29) is 5.60 Å². The van der Waals surface area contributed by atoms with E-state index in [9.17, 15) is 0 Å². The predicted octanol–water partition coefficient (Wildman–Crippen LogP) is 1.90. The fourth-order valence-corrected chi connectivity index (χ4v) is 1.34. The van der Waals surface area contributed by atoms with Crippen LogP contribution in [0.3, 0.4) is 0 Å². The molecule has 0 aromatic rings. The summed E-state index contributed by atoms with van der Waals surface area (Å²) in [5.41, 5.74) is -0.0145. The first-order valence-electron chi connectivity index (χ1n) is 5.86. The van der Waals surface area contributed by atoms with Crippen LogP contribution in [0.4, 0.5) is 0 Å². The van der Waals surface area contributed by atoms with E-state index in [2.05, 4.69) is 25.8 Å². The highest BCUT2D eigenvalue weighted by Crippen LogP contribution is 2.13. The van der Waals surface area contributed by atoms with Crippen molar-refractivity contribution in [1.29, 1.82) is 0 Å². The van der Waals surface area contributed by atoms with Gasteiger partial charge in [0.05, 0.1) is 5.60 Å². The summed E-state index contributed by atoms with van der Waals surface area (Å²) >= 11 is 0. The third-order valence-electron chi connectivity index (χ3n) is 2.85. The molecule has 0 unspecified atom stereocenters. The number of hydrogen-bond donors (Lipinski definition) is 1. The van der Waals surface area contributed by atoms with E-state index in [0.717, 1.165) is 32.4 Å². The molecule has 15 heavy (non-hydrogen) atoms. The summed E-state index contributed by atoms with van der Waals surface area (Å²) in [6, 6.07) is 0. The molecule has 0 aromatic carbocycles. The van der Waals surface area contributed by atoms with Gasteiger partial charge in [0.15, 0.2) is 0 Å². The van der Waals surface area contributed by atoms with Crippen molar-refractivity contribution in [3.8, 4) is 0 Å². The zero-order chi connectivity index (χ0) is 11.7. The Bertz CT molecular complexity index is 149. The van der Waals surface area contributed by atoms with Gasteiger partial charge in [-0.25, -0.2) is 0 Å². The molecule has 92 valence electrons. The number of hydrogen-bond acceptors (Lipinski definition) is 3. The van der Waals surface area contributed by atoms with Gasteiger partial charge in [-0.1, -0.05) is 0 Å². The molecule has 0 aromatic heterocycles. The normalized spacial score (nSPS) is 12.4. The molecule has 0 fully saturated rings. The number of nitrogens with zero attached hydrogens (tertiary/aromatic N) is 1. The third-order valence-corrected chi connectivity index (χ3v) is 2.85. The van der Waals surface area contributed by atoms with Gasteiger partial charge in [-0.15, -0.1) is 0 Å². The standard InChI is InChI=1S/C12H27NO2/c1-12(2,15-4)8-10-13(3)9-6-5-7-11-14/h14H,5-11H2,1-4H3. The van der Waals surface area contributed by atoms with Crippen molar-refractivity contribution >= 4 is 0 Å². The summed E-state index contributed by atoms with van der Waals surface area (Å²) in [5, 5.41) is 8.64. The van der Waals surface area contributed by atoms with Crippen molar-refractivity contribution in [3.05, 3.63) is 0 Å². The van der Waals surface area contributed by atoms with Crippen LogP contribution in [-0.4, -0.2) is 49.5 Å². The van der Waals surface area contributed by atoms with Crippen LogP contribution < -0.4 is 0 Å². The van der Waals surface area contributed by atoms with Crippen molar-refractivity contribution in [3.63, 3.8) is 0 Å².